The average Bonchev–Trinajstić information content (AvgIpc) is 2.54. The maximum absolute atomic E-state index is 5.07. The highest BCUT2D eigenvalue weighted by Crippen LogP contribution is 2.18. The van der Waals surface area contributed by atoms with Crippen LogP contribution < -0.4 is 5.32 Å². The van der Waals surface area contributed by atoms with Crippen LogP contribution in [0.25, 0.3) is 0 Å². The van der Waals surface area contributed by atoms with Gasteiger partial charge in [-0.05, 0) is 36.8 Å². The molecular weight excluding hydrogens is 262 g/mol. The van der Waals surface area contributed by atoms with Crippen LogP contribution in [0.3, 0.4) is 0 Å². The molecule has 1 heterocycles. The van der Waals surface area contributed by atoms with E-state index in [1.165, 1.54) is 17.5 Å². The van der Waals surface area contributed by atoms with Crippen molar-refractivity contribution in [1.29, 1.82) is 0 Å². The molecular formula is C17H27N3O. The van der Waals surface area contributed by atoms with Crippen molar-refractivity contribution in [2.45, 2.75) is 32.2 Å². The summed E-state index contributed by atoms with van der Waals surface area (Å²) in [6.45, 7) is 3.84. The summed E-state index contributed by atoms with van der Waals surface area (Å²) in [7, 11) is 3.63. The molecule has 0 fully saturated rings. The Hall–Kier alpha value is -1.55. The zero-order chi connectivity index (χ0) is 14.9. The van der Waals surface area contributed by atoms with Crippen LogP contribution in [0.4, 0.5) is 0 Å². The summed E-state index contributed by atoms with van der Waals surface area (Å²) in [6, 6.07) is 8.70. The van der Waals surface area contributed by atoms with Gasteiger partial charge in [0.15, 0.2) is 5.96 Å². The molecule has 0 aliphatic carbocycles. The third kappa shape index (κ3) is 4.74. The topological polar surface area (TPSA) is 36.9 Å². The van der Waals surface area contributed by atoms with Gasteiger partial charge in [-0.15, -0.1) is 0 Å². The first-order chi connectivity index (χ1) is 10.3. The first-order valence-electron chi connectivity index (χ1n) is 7.86. The van der Waals surface area contributed by atoms with E-state index in [4.69, 9.17) is 4.74 Å². The second-order valence-electron chi connectivity index (χ2n) is 5.47. The first-order valence-corrected chi connectivity index (χ1v) is 7.86. The lowest BCUT2D eigenvalue weighted by Gasteiger charge is -2.31. The summed E-state index contributed by atoms with van der Waals surface area (Å²) >= 11 is 0. The van der Waals surface area contributed by atoms with Gasteiger partial charge in [0.25, 0.3) is 0 Å². The molecule has 116 valence electrons. The number of unbranched alkanes of at least 4 members (excludes halogenated alkanes) is 2. The molecule has 0 radical (unpaired) electrons. The summed E-state index contributed by atoms with van der Waals surface area (Å²) in [5.41, 5.74) is 2.90. The van der Waals surface area contributed by atoms with Gasteiger partial charge >= 0.3 is 0 Å². The molecule has 1 aliphatic rings. The van der Waals surface area contributed by atoms with Crippen LogP contribution in [0.2, 0.25) is 0 Å². The fourth-order valence-electron chi connectivity index (χ4n) is 2.76. The summed E-state index contributed by atoms with van der Waals surface area (Å²) < 4.78 is 5.07. The zero-order valence-electron chi connectivity index (χ0n) is 13.3. The molecule has 0 saturated heterocycles. The van der Waals surface area contributed by atoms with Crippen molar-refractivity contribution in [3.63, 3.8) is 0 Å². The van der Waals surface area contributed by atoms with Crippen LogP contribution in [-0.4, -0.2) is 44.7 Å². The van der Waals surface area contributed by atoms with E-state index in [2.05, 4.69) is 39.5 Å². The van der Waals surface area contributed by atoms with Crippen LogP contribution in [0.5, 0.6) is 0 Å². The van der Waals surface area contributed by atoms with E-state index in [0.29, 0.717) is 0 Å². The Morgan fingerprint density at radius 2 is 2.05 bits per heavy atom. The van der Waals surface area contributed by atoms with Crippen LogP contribution >= 0.6 is 0 Å². The molecule has 0 unspecified atom stereocenters. The van der Waals surface area contributed by atoms with Crippen molar-refractivity contribution in [3.8, 4) is 0 Å². The van der Waals surface area contributed by atoms with Gasteiger partial charge in [0.2, 0.25) is 0 Å². The third-order valence-corrected chi connectivity index (χ3v) is 3.95. The van der Waals surface area contributed by atoms with E-state index in [1.807, 2.05) is 7.05 Å². The van der Waals surface area contributed by atoms with E-state index in [-0.39, 0.29) is 0 Å². The number of aliphatic imine (C=N–C) groups is 1. The number of fused-ring (bicyclic) bond motifs is 1. The first kappa shape index (κ1) is 15.8. The molecule has 1 N–H and O–H groups in total. The van der Waals surface area contributed by atoms with Gasteiger partial charge in [-0.1, -0.05) is 24.3 Å². The summed E-state index contributed by atoms with van der Waals surface area (Å²) in [5.74, 6) is 1.02. The van der Waals surface area contributed by atoms with E-state index in [1.54, 1.807) is 7.11 Å². The average molecular weight is 289 g/mol. The lowest BCUT2D eigenvalue weighted by atomic mass is 10.0. The standard InChI is InChI=1S/C17H27N3O/c1-18-17(19-11-6-3-7-13-21-2)20-12-10-15-8-4-5-9-16(15)14-20/h4-5,8-9H,3,6-7,10-14H2,1-2H3,(H,18,19). The van der Waals surface area contributed by atoms with Gasteiger partial charge in [-0.25, -0.2) is 0 Å². The minimum Gasteiger partial charge on any atom is -0.385 e. The molecule has 0 amide bonds. The maximum Gasteiger partial charge on any atom is 0.193 e. The monoisotopic (exact) mass is 289 g/mol. The van der Waals surface area contributed by atoms with Gasteiger partial charge in [-0.2, -0.15) is 0 Å². The molecule has 1 aliphatic heterocycles. The summed E-state index contributed by atoms with van der Waals surface area (Å²) in [6.07, 6.45) is 4.59. The van der Waals surface area contributed by atoms with Gasteiger partial charge in [0.05, 0.1) is 0 Å². The van der Waals surface area contributed by atoms with Crippen molar-refractivity contribution < 1.29 is 4.74 Å². The number of methoxy groups -OCH3 is 1. The Labute approximate surface area is 128 Å². The van der Waals surface area contributed by atoms with E-state index in [0.717, 1.165) is 51.5 Å². The molecule has 2 rings (SSSR count). The smallest absolute Gasteiger partial charge is 0.193 e. The number of hydrogen-bond donors (Lipinski definition) is 1. The molecule has 0 spiro atoms. The Bertz CT molecular complexity index is 459. The number of rotatable bonds is 6. The number of hydrogen-bond acceptors (Lipinski definition) is 2. The van der Waals surface area contributed by atoms with E-state index in [9.17, 15) is 0 Å². The largest absolute Gasteiger partial charge is 0.385 e. The predicted octanol–water partition coefficient (Wildman–Crippen LogP) is 2.44. The lowest BCUT2D eigenvalue weighted by molar-refractivity contribution is 0.192. The van der Waals surface area contributed by atoms with Crippen LogP contribution in [0, 0.1) is 0 Å². The highest BCUT2D eigenvalue weighted by Gasteiger charge is 2.18. The Morgan fingerprint density at radius 1 is 1.24 bits per heavy atom. The lowest BCUT2D eigenvalue weighted by Crippen LogP contribution is -2.44. The molecule has 0 aromatic heterocycles. The SMILES string of the molecule is CN=C(NCCCCCOC)N1CCc2ccccc2C1. The quantitative estimate of drug-likeness (QED) is 0.496. The number of nitrogens with zero attached hydrogens (tertiary/aromatic N) is 2. The molecule has 4 nitrogen and oxygen atoms in total. The highest BCUT2D eigenvalue weighted by atomic mass is 16.5. The van der Waals surface area contributed by atoms with E-state index >= 15 is 0 Å². The van der Waals surface area contributed by atoms with E-state index < -0.39 is 0 Å². The van der Waals surface area contributed by atoms with Crippen molar-refractivity contribution >= 4 is 5.96 Å². The van der Waals surface area contributed by atoms with Gasteiger partial charge in [-0.3, -0.25) is 4.99 Å². The molecule has 1 aromatic rings. The van der Waals surface area contributed by atoms with Crippen LogP contribution in [-0.2, 0) is 17.7 Å². The molecule has 4 heteroatoms. The minimum absolute atomic E-state index is 0.859. The number of guanidine groups is 1. The summed E-state index contributed by atoms with van der Waals surface area (Å²) in [5, 5.41) is 3.48. The van der Waals surface area contributed by atoms with Crippen LogP contribution in [0.1, 0.15) is 30.4 Å². The number of benzene rings is 1. The fraction of sp³-hybridized carbons (Fsp3) is 0.588. The maximum atomic E-state index is 5.07. The molecule has 0 saturated carbocycles. The zero-order valence-corrected chi connectivity index (χ0v) is 13.3. The second-order valence-corrected chi connectivity index (χ2v) is 5.47. The van der Waals surface area contributed by atoms with Crippen molar-refractivity contribution in [2.24, 2.45) is 4.99 Å². The van der Waals surface area contributed by atoms with Gasteiger partial charge in [0, 0.05) is 40.4 Å². The van der Waals surface area contributed by atoms with Gasteiger partial charge in [0.1, 0.15) is 0 Å². The summed E-state index contributed by atoms with van der Waals surface area (Å²) in [4.78, 5) is 6.77. The fourth-order valence-corrected chi connectivity index (χ4v) is 2.76. The molecule has 1 aromatic carbocycles. The Kier molecular flexibility index (Phi) is 6.54. The highest BCUT2D eigenvalue weighted by molar-refractivity contribution is 5.80. The minimum atomic E-state index is 0.859. The predicted molar refractivity (Wildman–Crippen MR) is 87.6 cm³/mol. The Morgan fingerprint density at radius 3 is 2.81 bits per heavy atom. The van der Waals surface area contributed by atoms with Crippen molar-refractivity contribution in [3.05, 3.63) is 35.4 Å². The van der Waals surface area contributed by atoms with Gasteiger partial charge < -0.3 is 15.0 Å². The number of nitrogens with one attached hydrogen (secondary N) is 1. The molecule has 21 heavy (non-hydrogen) atoms. The number of ether oxygens (including phenoxy) is 1. The van der Waals surface area contributed by atoms with Crippen molar-refractivity contribution in [2.75, 3.05) is 33.9 Å². The second kappa shape index (κ2) is 8.67. The Balaban J connectivity index is 1.78. The molecule has 0 bridgehead atoms. The van der Waals surface area contributed by atoms with Crippen molar-refractivity contribution in [1.82, 2.24) is 10.2 Å². The normalized spacial score (nSPS) is 15.0. The molecule has 0 atom stereocenters. The van der Waals surface area contributed by atoms with Crippen LogP contribution in [0.15, 0.2) is 29.3 Å². The third-order valence-electron chi connectivity index (χ3n) is 3.95.